The van der Waals surface area contributed by atoms with E-state index in [4.69, 9.17) is 4.99 Å². The molecule has 0 amide bonds. The summed E-state index contributed by atoms with van der Waals surface area (Å²) in [5, 5.41) is 7.46. The number of aliphatic imine (C=N–C) groups is 1. The predicted molar refractivity (Wildman–Crippen MR) is 111 cm³/mol. The molecule has 2 N–H and O–H groups in total. The zero-order valence-electron chi connectivity index (χ0n) is 15.8. The summed E-state index contributed by atoms with van der Waals surface area (Å²) >= 11 is 0. The summed E-state index contributed by atoms with van der Waals surface area (Å²) in [6.07, 6.45) is 6.13. The highest BCUT2D eigenvalue weighted by Crippen LogP contribution is 2.39. The van der Waals surface area contributed by atoms with Gasteiger partial charge in [-0.2, -0.15) is 0 Å². The predicted octanol–water partition coefficient (Wildman–Crippen LogP) is 4.89. The molecule has 2 aromatic carbocycles. The third-order valence-electron chi connectivity index (χ3n) is 5.59. The van der Waals surface area contributed by atoms with Gasteiger partial charge in [0.1, 0.15) is 5.84 Å². The van der Waals surface area contributed by atoms with Crippen LogP contribution in [0.15, 0.2) is 53.5 Å². The molecule has 1 heterocycles. The van der Waals surface area contributed by atoms with E-state index in [-0.39, 0.29) is 5.54 Å². The Morgan fingerprint density at radius 2 is 1.62 bits per heavy atom. The fourth-order valence-corrected chi connectivity index (χ4v) is 4.04. The van der Waals surface area contributed by atoms with Crippen molar-refractivity contribution < 1.29 is 0 Å². The van der Waals surface area contributed by atoms with E-state index in [1.54, 1.807) is 0 Å². The SMILES string of the molecule is CN(C)c1ccc(CN=C2Nc3ccccc3NC23CCCCC3)cc1. The van der Waals surface area contributed by atoms with Crippen molar-refractivity contribution in [3.63, 3.8) is 0 Å². The highest BCUT2D eigenvalue weighted by Gasteiger charge is 2.40. The summed E-state index contributed by atoms with van der Waals surface area (Å²) in [6.45, 7) is 0.710. The van der Waals surface area contributed by atoms with Gasteiger partial charge >= 0.3 is 0 Å². The van der Waals surface area contributed by atoms with Crippen LogP contribution in [0.2, 0.25) is 0 Å². The smallest absolute Gasteiger partial charge is 0.127 e. The fraction of sp³-hybridized carbons (Fsp3) is 0.409. The Balaban J connectivity index is 1.60. The number of nitrogens with one attached hydrogen (secondary N) is 2. The molecule has 1 aliphatic heterocycles. The zero-order chi connectivity index (χ0) is 18.0. The first-order chi connectivity index (χ1) is 12.7. The molecule has 136 valence electrons. The van der Waals surface area contributed by atoms with Crippen LogP contribution in [0.5, 0.6) is 0 Å². The van der Waals surface area contributed by atoms with Crippen molar-refractivity contribution in [2.24, 2.45) is 4.99 Å². The molecule has 0 saturated heterocycles. The van der Waals surface area contributed by atoms with Gasteiger partial charge in [-0.05, 0) is 42.7 Å². The lowest BCUT2D eigenvalue weighted by atomic mass is 9.79. The Morgan fingerprint density at radius 1 is 0.923 bits per heavy atom. The van der Waals surface area contributed by atoms with E-state index in [2.05, 4.69) is 78.2 Å². The maximum absolute atomic E-state index is 5.03. The number of benzene rings is 2. The number of fused-ring (bicyclic) bond motifs is 1. The summed E-state index contributed by atoms with van der Waals surface area (Å²) in [5.41, 5.74) is 4.76. The topological polar surface area (TPSA) is 39.7 Å². The van der Waals surface area contributed by atoms with Crippen molar-refractivity contribution in [3.05, 3.63) is 54.1 Å². The normalized spacial score (nSPS) is 19.5. The molecule has 1 aliphatic carbocycles. The van der Waals surface area contributed by atoms with Crippen LogP contribution in [-0.4, -0.2) is 25.5 Å². The Labute approximate surface area is 156 Å². The van der Waals surface area contributed by atoms with Gasteiger partial charge in [0.25, 0.3) is 0 Å². The van der Waals surface area contributed by atoms with Crippen molar-refractivity contribution in [2.75, 3.05) is 29.6 Å². The molecule has 2 aromatic rings. The first-order valence-electron chi connectivity index (χ1n) is 9.62. The largest absolute Gasteiger partial charge is 0.378 e. The van der Waals surface area contributed by atoms with Gasteiger partial charge in [0, 0.05) is 19.8 Å². The van der Waals surface area contributed by atoms with Crippen LogP contribution in [0, 0.1) is 0 Å². The molecule has 4 nitrogen and oxygen atoms in total. The number of para-hydroxylation sites is 2. The third-order valence-corrected chi connectivity index (χ3v) is 5.59. The molecule has 0 atom stereocenters. The van der Waals surface area contributed by atoms with E-state index in [9.17, 15) is 0 Å². The van der Waals surface area contributed by atoms with Crippen molar-refractivity contribution in [1.82, 2.24) is 0 Å². The molecular formula is C22H28N4. The van der Waals surface area contributed by atoms with Crippen LogP contribution >= 0.6 is 0 Å². The number of hydrogen-bond donors (Lipinski definition) is 2. The maximum Gasteiger partial charge on any atom is 0.127 e. The van der Waals surface area contributed by atoms with E-state index in [0.29, 0.717) is 6.54 Å². The van der Waals surface area contributed by atoms with Crippen molar-refractivity contribution in [3.8, 4) is 0 Å². The van der Waals surface area contributed by atoms with Crippen LogP contribution in [0.4, 0.5) is 17.1 Å². The first-order valence-corrected chi connectivity index (χ1v) is 9.62. The molecule has 0 radical (unpaired) electrons. The second-order valence-electron chi connectivity index (χ2n) is 7.66. The van der Waals surface area contributed by atoms with Crippen LogP contribution < -0.4 is 15.5 Å². The Hall–Kier alpha value is -2.49. The number of rotatable bonds is 3. The molecule has 0 aromatic heterocycles. The Morgan fingerprint density at radius 3 is 2.31 bits per heavy atom. The van der Waals surface area contributed by atoms with Gasteiger partial charge in [0.2, 0.25) is 0 Å². The van der Waals surface area contributed by atoms with Crippen molar-refractivity contribution in [1.29, 1.82) is 0 Å². The van der Waals surface area contributed by atoms with E-state index >= 15 is 0 Å². The Bertz CT molecular complexity index is 786. The lowest BCUT2D eigenvalue weighted by Gasteiger charge is -2.44. The summed E-state index contributed by atoms with van der Waals surface area (Å²) < 4.78 is 0. The zero-order valence-corrected chi connectivity index (χ0v) is 15.8. The molecule has 1 saturated carbocycles. The number of hydrogen-bond acceptors (Lipinski definition) is 3. The monoisotopic (exact) mass is 348 g/mol. The number of nitrogens with zero attached hydrogens (tertiary/aromatic N) is 2. The van der Waals surface area contributed by atoms with Crippen LogP contribution in [0.3, 0.4) is 0 Å². The summed E-state index contributed by atoms with van der Waals surface area (Å²) in [5.74, 6) is 1.10. The van der Waals surface area contributed by atoms with Gasteiger partial charge in [0.05, 0.1) is 23.5 Å². The summed E-state index contributed by atoms with van der Waals surface area (Å²) in [6, 6.07) is 17.1. The average molecular weight is 348 g/mol. The molecular weight excluding hydrogens is 320 g/mol. The maximum atomic E-state index is 5.03. The van der Waals surface area contributed by atoms with Crippen LogP contribution in [-0.2, 0) is 6.54 Å². The molecule has 0 bridgehead atoms. The minimum atomic E-state index is -0.0316. The lowest BCUT2D eigenvalue weighted by Crippen LogP contribution is -2.53. The highest BCUT2D eigenvalue weighted by molar-refractivity contribution is 6.09. The number of anilines is 3. The summed E-state index contributed by atoms with van der Waals surface area (Å²) in [7, 11) is 4.13. The highest BCUT2D eigenvalue weighted by atomic mass is 15.2. The summed E-state index contributed by atoms with van der Waals surface area (Å²) in [4.78, 5) is 7.15. The standard InChI is InChI=1S/C22H28N4/c1-26(2)18-12-10-17(11-13-18)16-23-21-22(14-6-3-7-15-22)25-20-9-5-4-8-19(20)24-21/h4-5,8-13,25H,3,6-7,14-16H2,1-2H3,(H,23,24). The molecule has 1 spiro atoms. The van der Waals surface area contributed by atoms with Gasteiger partial charge in [-0.3, -0.25) is 4.99 Å². The van der Waals surface area contributed by atoms with Gasteiger partial charge < -0.3 is 15.5 Å². The quantitative estimate of drug-likeness (QED) is 0.829. The van der Waals surface area contributed by atoms with Crippen LogP contribution in [0.25, 0.3) is 0 Å². The molecule has 1 fully saturated rings. The first kappa shape index (κ1) is 17.0. The molecule has 2 aliphatic rings. The molecule has 4 rings (SSSR count). The van der Waals surface area contributed by atoms with E-state index in [0.717, 1.165) is 24.4 Å². The second kappa shape index (κ2) is 7.02. The van der Waals surface area contributed by atoms with E-state index < -0.39 is 0 Å². The molecule has 26 heavy (non-hydrogen) atoms. The van der Waals surface area contributed by atoms with Gasteiger partial charge in [-0.25, -0.2) is 0 Å². The van der Waals surface area contributed by atoms with Gasteiger partial charge in [0.15, 0.2) is 0 Å². The second-order valence-corrected chi connectivity index (χ2v) is 7.66. The fourth-order valence-electron chi connectivity index (χ4n) is 4.04. The van der Waals surface area contributed by atoms with Gasteiger partial charge in [-0.15, -0.1) is 0 Å². The minimum Gasteiger partial charge on any atom is -0.378 e. The van der Waals surface area contributed by atoms with Crippen molar-refractivity contribution >= 4 is 22.9 Å². The van der Waals surface area contributed by atoms with Gasteiger partial charge in [-0.1, -0.05) is 43.5 Å². The van der Waals surface area contributed by atoms with E-state index in [1.807, 2.05) is 0 Å². The van der Waals surface area contributed by atoms with Crippen molar-refractivity contribution in [2.45, 2.75) is 44.2 Å². The molecule has 0 unspecified atom stereocenters. The Kier molecular flexibility index (Phi) is 4.58. The number of amidine groups is 1. The molecule has 4 heteroatoms. The average Bonchev–Trinajstić information content (AvgIpc) is 2.67. The third kappa shape index (κ3) is 3.28. The lowest BCUT2D eigenvalue weighted by molar-refractivity contribution is 0.403. The van der Waals surface area contributed by atoms with Crippen LogP contribution in [0.1, 0.15) is 37.7 Å². The minimum absolute atomic E-state index is 0.0316. The van der Waals surface area contributed by atoms with E-state index in [1.165, 1.54) is 36.2 Å².